The second-order valence-corrected chi connectivity index (χ2v) is 5.54. The highest BCUT2D eigenvalue weighted by molar-refractivity contribution is 5.92. The first kappa shape index (κ1) is 18.8. The van der Waals surface area contributed by atoms with Crippen molar-refractivity contribution in [3.63, 3.8) is 0 Å². The van der Waals surface area contributed by atoms with Crippen LogP contribution in [0.3, 0.4) is 0 Å². The van der Waals surface area contributed by atoms with E-state index in [1.165, 1.54) is 25.3 Å². The topological polar surface area (TPSA) is 86.5 Å². The van der Waals surface area contributed by atoms with Crippen molar-refractivity contribution in [1.82, 2.24) is 0 Å². The van der Waals surface area contributed by atoms with Crippen molar-refractivity contribution in [2.24, 2.45) is 5.92 Å². The summed E-state index contributed by atoms with van der Waals surface area (Å²) in [6, 6.07) is 4.09. The second kappa shape index (κ2) is 9.71. The Morgan fingerprint density at radius 2 is 2.09 bits per heavy atom. The summed E-state index contributed by atoms with van der Waals surface area (Å²) in [5.74, 6) is -0.823. The van der Waals surface area contributed by atoms with Crippen molar-refractivity contribution < 1.29 is 19.2 Å². The number of nitro benzene ring substituents is 1. The molecular weight excluding hydrogens is 298 g/mol. The lowest BCUT2D eigenvalue weighted by Gasteiger charge is -2.13. The molecule has 0 aromatic heterocycles. The molecular formula is C17H23NO5. The zero-order chi connectivity index (χ0) is 17.2. The highest BCUT2D eigenvalue weighted by Crippen LogP contribution is 2.23. The molecule has 0 aliphatic carbocycles. The number of hydrogen-bond acceptors (Lipinski definition) is 5. The van der Waals surface area contributed by atoms with Gasteiger partial charge in [-0.3, -0.25) is 10.1 Å². The largest absolute Gasteiger partial charge is 0.465 e. The number of esters is 1. The Balaban J connectivity index is 2.89. The van der Waals surface area contributed by atoms with Crippen LogP contribution in [0.2, 0.25) is 0 Å². The van der Waals surface area contributed by atoms with Crippen molar-refractivity contribution in [1.29, 1.82) is 0 Å². The molecule has 0 heterocycles. The average Bonchev–Trinajstić information content (AvgIpc) is 2.56. The van der Waals surface area contributed by atoms with Crippen LogP contribution in [0.5, 0.6) is 0 Å². The number of benzene rings is 1. The molecule has 1 aromatic rings. The first-order chi connectivity index (χ1) is 11.0. The van der Waals surface area contributed by atoms with Gasteiger partial charge in [-0.2, -0.15) is 0 Å². The minimum atomic E-state index is -0.626. The second-order valence-electron chi connectivity index (χ2n) is 5.54. The zero-order valence-corrected chi connectivity index (χ0v) is 13.6. The van der Waals surface area contributed by atoms with Crippen LogP contribution in [0, 0.1) is 16.0 Å². The molecule has 0 spiro atoms. The summed E-state index contributed by atoms with van der Waals surface area (Å²) >= 11 is 0. The summed E-state index contributed by atoms with van der Waals surface area (Å²) in [6.45, 7) is 2.12. The van der Waals surface area contributed by atoms with Gasteiger partial charge in [0.15, 0.2) is 0 Å². The van der Waals surface area contributed by atoms with Crippen molar-refractivity contribution in [3.8, 4) is 0 Å². The van der Waals surface area contributed by atoms with Gasteiger partial charge in [-0.15, -0.1) is 0 Å². The van der Waals surface area contributed by atoms with E-state index < -0.39 is 10.9 Å². The van der Waals surface area contributed by atoms with Crippen molar-refractivity contribution in [2.75, 3.05) is 7.11 Å². The van der Waals surface area contributed by atoms with E-state index in [9.17, 15) is 19.7 Å². The minimum Gasteiger partial charge on any atom is -0.465 e. The molecule has 0 fully saturated rings. The Labute approximate surface area is 136 Å². The summed E-state index contributed by atoms with van der Waals surface area (Å²) in [4.78, 5) is 33.4. The van der Waals surface area contributed by atoms with Crippen LogP contribution in [0.4, 0.5) is 5.69 Å². The number of unbranched alkanes of at least 4 members (excludes halogenated alkanes) is 3. The number of nitrogens with zero attached hydrogens (tertiary/aromatic N) is 1. The molecule has 0 unspecified atom stereocenters. The lowest BCUT2D eigenvalue weighted by molar-refractivity contribution is -0.384. The van der Waals surface area contributed by atoms with Gasteiger partial charge in [-0.1, -0.05) is 38.7 Å². The van der Waals surface area contributed by atoms with Gasteiger partial charge >= 0.3 is 5.97 Å². The molecule has 0 N–H and O–H groups in total. The van der Waals surface area contributed by atoms with E-state index >= 15 is 0 Å². The minimum absolute atomic E-state index is 0.155. The van der Waals surface area contributed by atoms with Crippen molar-refractivity contribution in [3.05, 3.63) is 39.4 Å². The Hall–Kier alpha value is -2.24. The normalized spacial score (nSPS) is 11.7. The number of ether oxygens (including phenoxy) is 1. The summed E-state index contributed by atoms with van der Waals surface area (Å²) in [6.07, 6.45) is 6.33. The van der Waals surface area contributed by atoms with E-state index in [2.05, 4.69) is 6.92 Å². The maximum atomic E-state index is 11.8. The van der Waals surface area contributed by atoms with Gasteiger partial charge in [-0.25, -0.2) is 4.79 Å². The van der Waals surface area contributed by atoms with Crippen LogP contribution < -0.4 is 0 Å². The van der Waals surface area contributed by atoms with Crippen LogP contribution >= 0.6 is 0 Å². The molecule has 1 atom stereocenters. The number of non-ortho nitro benzene ring substituents is 1. The molecule has 1 aromatic carbocycles. The fourth-order valence-electron chi connectivity index (χ4n) is 2.49. The van der Waals surface area contributed by atoms with E-state index in [0.717, 1.165) is 38.4 Å². The summed E-state index contributed by atoms with van der Waals surface area (Å²) in [5.41, 5.74) is 0.594. The molecule has 23 heavy (non-hydrogen) atoms. The molecule has 126 valence electrons. The highest BCUT2D eigenvalue weighted by atomic mass is 16.6. The molecule has 6 nitrogen and oxygen atoms in total. The number of rotatable bonds is 10. The van der Waals surface area contributed by atoms with Gasteiger partial charge in [-0.05, 0) is 18.4 Å². The number of hydrogen-bond donors (Lipinski definition) is 0. The quantitative estimate of drug-likeness (QED) is 0.215. The fourth-order valence-corrected chi connectivity index (χ4v) is 2.49. The lowest BCUT2D eigenvalue weighted by Crippen LogP contribution is -2.12. The molecule has 0 radical (unpaired) electrons. The van der Waals surface area contributed by atoms with Gasteiger partial charge in [0.1, 0.15) is 6.29 Å². The van der Waals surface area contributed by atoms with Gasteiger partial charge in [0.05, 0.1) is 17.6 Å². The number of carbonyl (C=O) groups excluding carboxylic acids is 2. The molecule has 0 aliphatic heterocycles. The van der Waals surface area contributed by atoms with Gasteiger partial charge in [0, 0.05) is 18.1 Å². The summed E-state index contributed by atoms with van der Waals surface area (Å²) in [7, 11) is 1.23. The first-order valence-electron chi connectivity index (χ1n) is 7.84. The van der Waals surface area contributed by atoms with E-state index in [1.807, 2.05) is 0 Å². The highest BCUT2D eigenvalue weighted by Gasteiger charge is 2.19. The van der Waals surface area contributed by atoms with Crippen LogP contribution in [0.1, 0.15) is 54.9 Å². The smallest absolute Gasteiger partial charge is 0.338 e. The zero-order valence-electron chi connectivity index (χ0n) is 13.6. The Kier molecular flexibility index (Phi) is 7.94. The van der Waals surface area contributed by atoms with Crippen molar-refractivity contribution >= 4 is 17.9 Å². The molecule has 0 amide bonds. The molecule has 0 bridgehead atoms. The molecule has 0 aliphatic rings. The summed E-state index contributed by atoms with van der Waals surface area (Å²) < 4.78 is 4.69. The van der Waals surface area contributed by atoms with E-state index in [1.54, 1.807) is 0 Å². The van der Waals surface area contributed by atoms with E-state index in [0.29, 0.717) is 12.0 Å². The number of aldehydes is 1. The van der Waals surface area contributed by atoms with Gasteiger partial charge in [0.2, 0.25) is 0 Å². The Bertz CT molecular complexity index is 556. The Morgan fingerprint density at radius 1 is 1.35 bits per heavy atom. The van der Waals surface area contributed by atoms with Crippen LogP contribution in [-0.2, 0) is 16.0 Å². The SMILES string of the molecule is CCCCCC[C@@H](C=O)Cc1ccc([N+](=O)[O-])cc1C(=O)OC. The first-order valence-corrected chi connectivity index (χ1v) is 7.84. The fraction of sp³-hybridized carbons (Fsp3) is 0.529. The number of nitro groups is 1. The van der Waals surface area contributed by atoms with E-state index in [4.69, 9.17) is 4.74 Å². The monoisotopic (exact) mass is 321 g/mol. The van der Waals surface area contributed by atoms with Crippen LogP contribution in [0.15, 0.2) is 18.2 Å². The number of methoxy groups -OCH3 is 1. The van der Waals surface area contributed by atoms with Crippen LogP contribution in [-0.4, -0.2) is 24.3 Å². The van der Waals surface area contributed by atoms with Crippen LogP contribution in [0.25, 0.3) is 0 Å². The van der Waals surface area contributed by atoms with E-state index in [-0.39, 0.29) is 17.2 Å². The predicted molar refractivity (Wildman–Crippen MR) is 86.5 cm³/mol. The third-order valence-corrected chi connectivity index (χ3v) is 3.81. The number of carbonyl (C=O) groups is 2. The summed E-state index contributed by atoms with van der Waals surface area (Å²) in [5, 5.41) is 10.9. The van der Waals surface area contributed by atoms with Gasteiger partial charge in [0.25, 0.3) is 5.69 Å². The predicted octanol–water partition coefficient (Wildman–Crippen LogP) is 3.71. The third kappa shape index (κ3) is 5.81. The Morgan fingerprint density at radius 3 is 2.65 bits per heavy atom. The molecule has 0 saturated heterocycles. The lowest BCUT2D eigenvalue weighted by atomic mass is 9.92. The van der Waals surface area contributed by atoms with Crippen molar-refractivity contribution in [2.45, 2.75) is 45.4 Å². The third-order valence-electron chi connectivity index (χ3n) is 3.81. The standard InChI is InChI=1S/C17H23NO5/c1-3-4-5-6-7-13(12-19)10-14-8-9-15(18(21)22)11-16(14)17(20)23-2/h8-9,11-13H,3-7,10H2,1-2H3/t13-/m1/s1. The van der Waals surface area contributed by atoms with Gasteiger partial charge < -0.3 is 9.53 Å². The molecule has 0 saturated carbocycles. The average molecular weight is 321 g/mol. The maximum Gasteiger partial charge on any atom is 0.338 e. The molecule has 6 heteroatoms. The molecule has 1 rings (SSSR count). The maximum absolute atomic E-state index is 11.8.